The zero-order valence-corrected chi connectivity index (χ0v) is 24.1. The van der Waals surface area contributed by atoms with E-state index < -0.39 is 21.0 Å². The Kier molecular flexibility index (Phi) is 7.05. The zero-order chi connectivity index (χ0) is 30.3. The van der Waals surface area contributed by atoms with Crippen molar-refractivity contribution < 1.29 is 27.3 Å². The fourth-order valence-corrected chi connectivity index (χ4v) is 5.98. The number of hydrogen-bond acceptors (Lipinski definition) is 5. The summed E-state index contributed by atoms with van der Waals surface area (Å²) in [5, 5.41) is 11.0. The molecule has 0 spiro atoms. The van der Waals surface area contributed by atoms with Crippen molar-refractivity contribution >= 4 is 44.1 Å². The monoisotopic (exact) mass is 591 g/mol. The first-order valence-corrected chi connectivity index (χ1v) is 14.8. The highest BCUT2D eigenvalue weighted by molar-refractivity contribution is 7.86. The number of carboxylic acid groups (broad SMARTS) is 1. The van der Waals surface area contributed by atoms with Crippen LogP contribution in [0.1, 0.15) is 10.4 Å². The van der Waals surface area contributed by atoms with E-state index in [0.717, 1.165) is 28.5 Å². The smallest absolute Gasteiger partial charge is 0.335 e. The third kappa shape index (κ3) is 5.27. The lowest BCUT2D eigenvalue weighted by Gasteiger charge is -2.21. The van der Waals surface area contributed by atoms with Crippen molar-refractivity contribution in [1.29, 1.82) is 0 Å². The number of carboxylic acids is 1. The van der Waals surface area contributed by atoms with Gasteiger partial charge >= 0.3 is 5.97 Å². The van der Waals surface area contributed by atoms with Gasteiger partial charge in [-0.3, -0.25) is 4.55 Å². The number of benzene rings is 5. The van der Waals surface area contributed by atoms with Crippen LogP contribution in [-0.2, 0) is 10.1 Å². The van der Waals surface area contributed by atoms with Gasteiger partial charge < -0.3 is 14.4 Å². The largest absolute Gasteiger partial charge is 0.478 e. The minimum Gasteiger partial charge on any atom is -0.478 e. The summed E-state index contributed by atoms with van der Waals surface area (Å²) in [5.41, 5.74) is 4.22. The lowest BCUT2D eigenvalue weighted by atomic mass is 9.93. The number of nitrogens with zero attached hydrogens (tertiary/aromatic N) is 2. The van der Waals surface area contributed by atoms with Gasteiger partial charge in [-0.05, 0) is 42.5 Å². The molecule has 43 heavy (non-hydrogen) atoms. The molecule has 6 rings (SSSR count). The first-order valence-electron chi connectivity index (χ1n) is 13.4. The van der Waals surface area contributed by atoms with Crippen molar-refractivity contribution in [3.63, 3.8) is 0 Å². The summed E-state index contributed by atoms with van der Waals surface area (Å²) in [4.78, 5) is 13.2. The summed E-state index contributed by atoms with van der Waals surface area (Å²) in [7, 11) is -0.927. The van der Waals surface area contributed by atoms with E-state index in [1.165, 1.54) is 12.1 Å². The van der Waals surface area contributed by atoms with Crippen LogP contribution in [0.5, 0.6) is 0 Å². The van der Waals surface area contributed by atoms with Crippen molar-refractivity contribution in [3.8, 4) is 22.5 Å². The molecule has 9 heteroatoms. The van der Waals surface area contributed by atoms with Gasteiger partial charge in [-0.15, -0.1) is 0 Å². The summed E-state index contributed by atoms with van der Waals surface area (Å²) in [6, 6.07) is 34.6. The van der Waals surface area contributed by atoms with Crippen LogP contribution < -0.4 is 14.8 Å². The molecule has 0 aromatic heterocycles. The highest BCUT2D eigenvalue weighted by atomic mass is 32.2. The van der Waals surface area contributed by atoms with Gasteiger partial charge in [-0.1, -0.05) is 42.5 Å². The third-order valence-corrected chi connectivity index (χ3v) is 8.42. The Bertz CT molecular complexity index is 2160. The molecule has 0 saturated carbocycles. The summed E-state index contributed by atoms with van der Waals surface area (Å²) in [6.45, 7) is 0. The molecule has 0 saturated heterocycles. The van der Waals surface area contributed by atoms with Crippen LogP contribution in [0.2, 0.25) is 0 Å². The fraction of sp³-hybridized carbons (Fsp3) is 0.0588. The van der Waals surface area contributed by atoms with E-state index in [1.807, 2.05) is 121 Å². The second-order valence-corrected chi connectivity index (χ2v) is 11.5. The third-order valence-electron chi connectivity index (χ3n) is 7.53. The first-order chi connectivity index (χ1) is 20.6. The van der Waals surface area contributed by atoms with E-state index in [-0.39, 0.29) is 11.1 Å². The molecular formula is C34H27N2O6S+. The minimum absolute atomic E-state index is 0.159. The maximum Gasteiger partial charge on any atom is 0.335 e. The van der Waals surface area contributed by atoms with Gasteiger partial charge in [0.05, 0.1) is 11.6 Å². The van der Waals surface area contributed by atoms with Crippen LogP contribution >= 0.6 is 0 Å². The summed E-state index contributed by atoms with van der Waals surface area (Å²) in [6.07, 6.45) is 0. The van der Waals surface area contributed by atoms with Gasteiger partial charge in [-0.2, -0.15) is 13.0 Å². The average molecular weight is 592 g/mol. The van der Waals surface area contributed by atoms with E-state index >= 15 is 0 Å². The number of rotatable bonds is 6. The maximum atomic E-state index is 12.6. The average Bonchev–Trinajstić information content (AvgIpc) is 3.02. The van der Waals surface area contributed by atoms with Gasteiger partial charge in [0.15, 0.2) is 0 Å². The van der Waals surface area contributed by atoms with Gasteiger partial charge in [0.25, 0.3) is 10.1 Å². The number of para-hydroxylation sites is 2. The van der Waals surface area contributed by atoms with Crippen LogP contribution in [0.15, 0.2) is 125 Å². The van der Waals surface area contributed by atoms with Crippen molar-refractivity contribution in [2.45, 2.75) is 4.90 Å². The SMILES string of the molecule is CN(c1ccccc1)c1ccc2c(-c3ccc(C(=O)O)cc3S(=O)(=O)O)c3ccc(=[N+](C)c4ccccc4)cc-3oc2c1. The second kappa shape index (κ2) is 10.9. The molecule has 1 aliphatic carbocycles. The lowest BCUT2D eigenvalue weighted by molar-refractivity contribution is 0.0696. The van der Waals surface area contributed by atoms with E-state index in [2.05, 4.69) is 0 Å². The molecule has 0 amide bonds. The fourth-order valence-electron chi connectivity index (χ4n) is 5.25. The van der Waals surface area contributed by atoms with E-state index in [4.69, 9.17) is 4.42 Å². The first kappa shape index (κ1) is 27.9. The van der Waals surface area contributed by atoms with Crippen molar-refractivity contribution in [2.24, 2.45) is 0 Å². The molecule has 0 unspecified atom stereocenters. The Labute approximate surface area is 248 Å². The summed E-state index contributed by atoms with van der Waals surface area (Å²) >= 11 is 0. The molecule has 0 atom stereocenters. The van der Waals surface area contributed by atoms with Gasteiger partial charge in [0, 0.05) is 64.8 Å². The summed E-state index contributed by atoms with van der Waals surface area (Å²) in [5.74, 6) is -0.831. The quantitative estimate of drug-likeness (QED) is 0.127. The van der Waals surface area contributed by atoms with Crippen LogP contribution in [-0.4, -0.2) is 38.1 Å². The minimum atomic E-state index is -4.80. The maximum absolute atomic E-state index is 12.6. The molecule has 2 aliphatic rings. The number of hydrogen-bond donors (Lipinski definition) is 2. The Morgan fingerprint density at radius 3 is 2.14 bits per heavy atom. The summed E-state index contributed by atoms with van der Waals surface area (Å²) < 4.78 is 43.9. The van der Waals surface area contributed by atoms with Gasteiger partial charge in [0.1, 0.15) is 23.3 Å². The molecule has 214 valence electrons. The van der Waals surface area contributed by atoms with Crippen LogP contribution in [0.25, 0.3) is 33.4 Å². The molecule has 2 N–H and O–H groups in total. The highest BCUT2D eigenvalue weighted by Gasteiger charge is 2.26. The Balaban J connectivity index is 1.68. The van der Waals surface area contributed by atoms with Crippen molar-refractivity contribution in [2.75, 3.05) is 19.0 Å². The molecule has 8 nitrogen and oxygen atoms in total. The predicted octanol–water partition coefficient (Wildman–Crippen LogP) is 6.65. The van der Waals surface area contributed by atoms with Crippen molar-refractivity contribution in [3.05, 3.63) is 126 Å². The van der Waals surface area contributed by atoms with Crippen LogP contribution in [0, 0.1) is 0 Å². The standard InChI is InChI=1S/C34H26N2O6S/c1-35(23-9-5-3-6-10-23)25-14-17-27-30(20-25)42-31-21-26(36(2)24-11-7-4-8-12-24)15-18-28(31)33(27)29-16-13-22(34(37)38)19-32(29)43(39,40)41/h3-21H,1-2H3,(H-,37,38,39,40,41)/p+1. The Morgan fingerprint density at radius 1 is 0.791 bits per heavy atom. The zero-order valence-electron chi connectivity index (χ0n) is 23.3. The normalized spacial score (nSPS) is 12.3. The van der Waals surface area contributed by atoms with Crippen LogP contribution in [0.3, 0.4) is 0 Å². The lowest BCUT2D eigenvalue weighted by Crippen LogP contribution is -2.21. The molecule has 0 fully saturated rings. The molecule has 4 aromatic carbocycles. The van der Waals surface area contributed by atoms with E-state index in [1.54, 1.807) is 0 Å². The number of carbonyl (C=O) groups is 1. The number of anilines is 2. The molecule has 1 heterocycles. The topological polar surface area (TPSA) is 111 Å². The van der Waals surface area contributed by atoms with Crippen LogP contribution in [0.4, 0.5) is 17.1 Å². The highest BCUT2D eigenvalue weighted by Crippen LogP contribution is 2.43. The predicted molar refractivity (Wildman–Crippen MR) is 167 cm³/mol. The molecule has 0 radical (unpaired) electrons. The van der Waals surface area contributed by atoms with Gasteiger partial charge in [-0.25, -0.2) is 4.79 Å². The Morgan fingerprint density at radius 2 is 1.47 bits per heavy atom. The van der Waals surface area contributed by atoms with Gasteiger partial charge in [0.2, 0.25) is 11.0 Å². The molecule has 0 bridgehead atoms. The molecular weight excluding hydrogens is 564 g/mol. The van der Waals surface area contributed by atoms with Crippen molar-refractivity contribution in [1.82, 2.24) is 4.58 Å². The Hall–Kier alpha value is -5.25. The molecule has 1 aliphatic heterocycles. The second-order valence-electron chi connectivity index (χ2n) is 10.1. The number of aromatic carboxylic acids is 1. The van der Waals surface area contributed by atoms with E-state index in [0.29, 0.717) is 27.9 Å². The van der Waals surface area contributed by atoms with E-state index in [9.17, 15) is 22.9 Å². The molecule has 4 aromatic rings. The number of fused-ring (bicyclic) bond motifs is 2.